The quantitative estimate of drug-likeness (QED) is 0.926. The molecule has 5 heteroatoms. The van der Waals surface area contributed by atoms with E-state index in [0.29, 0.717) is 10.0 Å². The highest BCUT2D eigenvalue weighted by molar-refractivity contribution is 9.10. The maximum Gasteiger partial charge on any atom is 0.323 e. The fourth-order valence-corrected chi connectivity index (χ4v) is 2.14. The van der Waals surface area contributed by atoms with Gasteiger partial charge >= 0.3 is 5.97 Å². The van der Waals surface area contributed by atoms with Gasteiger partial charge in [-0.25, -0.2) is 0 Å². The molecule has 1 saturated carbocycles. The van der Waals surface area contributed by atoms with Crippen molar-refractivity contribution in [1.29, 1.82) is 0 Å². The highest BCUT2D eigenvalue weighted by atomic mass is 79.9. The molecule has 90 valence electrons. The van der Waals surface area contributed by atoms with Crippen LogP contribution in [0.2, 0.25) is 0 Å². The lowest BCUT2D eigenvalue weighted by Gasteiger charge is -2.20. The molecule has 0 atom stereocenters. The van der Waals surface area contributed by atoms with Gasteiger partial charge in [0.1, 0.15) is 6.54 Å². The number of carboxylic acids is 1. The number of hydrogen-bond donors (Lipinski definition) is 1. The fraction of sp³-hybridized carbons (Fsp3) is 0.333. The fourth-order valence-electron chi connectivity index (χ4n) is 1.69. The van der Waals surface area contributed by atoms with Gasteiger partial charge in [-0.3, -0.25) is 9.59 Å². The number of carbonyl (C=O) groups excluding carboxylic acids is 1. The largest absolute Gasteiger partial charge is 0.480 e. The SMILES string of the molecule is O=C(O)CN(C(=O)c1ccccc1Br)C1CC1. The molecule has 1 fully saturated rings. The van der Waals surface area contributed by atoms with Gasteiger partial charge in [0.05, 0.1) is 5.56 Å². The minimum absolute atomic E-state index is 0.0886. The Hall–Kier alpha value is -1.36. The van der Waals surface area contributed by atoms with Crippen molar-refractivity contribution in [1.82, 2.24) is 4.90 Å². The van der Waals surface area contributed by atoms with Crippen LogP contribution in [-0.4, -0.2) is 34.5 Å². The maximum absolute atomic E-state index is 12.2. The molecule has 2 rings (SSSR count). The molecule has 0 heterocycles. The molecule has 0 radical (unpaired) electrons. The molecule has 4 nitrogen and oxygen atoms in total. The summed E-state index contributed by atoms with van der Waals surface area (Å²) in [5.74, 6) is -1.19. The van der Waals surface area contributed by atoms with Gasteiger partial charge in [-0.1, -0.05) is 12.1 Å². The van der Waals surface area contributed by atoms with Crippen LogP contribution in [0.25, 0.3) is 0 Å². The molecule has 0 bridgehead atoms. The molecule has 0 unspecified atom stereocenters. The lowest BCUT2D eigenvalue weighted by atomic mass is 10.2. The van der Waals surface area contributed by atoms with Gasteiger partial charge < -0.3 is 10.0 Å². The van der Waals surface area contributed by atoms with Gasteiger partial charge in [0.25, 0.3) is 5.91 Å². The lowest BCUT2D eigenvalue weighted by molar-refractivity contribution is -0.137. The first-order chi connectivity index (χ1) is 8.09. The predicted octanol–water partition coefficient (Wildman–Crippen LogP) is 2.14. The summed E-state index contributed by atoms with van der Waals surface area (Å²) in [6.07, 6.45) is 1.78. The van der Waals surface area contributed by atoms with Gasteiger partial charge in [-0.2, -0.15) is 0 Å². The minimum atomic E-state index is -0.975. The molecular formula is C12H12BrNO3. The average Bonchev–Trinajstić information content (AvgIpc) is 3.09. The number of amides is 1. The second-order valence-corrected chi connectivity index (χ2v) is 4.89. The normalized spacial score (nSPS) is 14.4. The van der Waals surface area contributed by atoms with E-state index in [1.54, 1.807) is 18.2 Å². The van der Waals surface area contributed by atoms with E-state index >= 15 is 0 Å². The number of rotatable bonds is 4. The summed E-state index contributed by atoms with van der Waals surface area (Å²) in [5.41, 5.74) is 0.514. The second kappa shape index (κ2) is 4.87. The Morgan fingerprint density at radius 1 is 1.35 bits per heavy atom. The van der Waals surface area contributed by atoms with Crippen LogP contribution in [0.1, 0.15) is 23.2 Å². The van der Waals surface area contributed by atoms with E-state index in [1.165, 1.54) is 4.90 Å². The summed E-state index contributed by atoms with van der Waals surface area (Å²) < 4.78 is 0.695. The maximum atomic E-state index is 12.2. The van der Waals surface area contributed by atoms with E-state index in [2.05, 4.69) is 15.9 Å². The Bertz CT molecular complexity index is 457. The van der Waals surface area contributed by atoms with Crippen molar-refractivity contribution in [3.05, 3.63) is 34.3 Å². The van der Waals surface area contributed by atoms with E-state index in [9.17, 15) is 9.59 Å². The Balaban J connectivity index is 2.22. The van der Waals surface area contributed by atoms with Crippen LogP contribution in [0.3, 0.4) is 0 Å². The molecule has 0 spiro atoms. The summed E-state index contributed by atoms with van der Waals surface area (Å²) in [7, 11) is 0. The van der Waals surface area contributed by atoms with Crippen LogP contribution in [0.4, 0.5) is 0 Å². The zero-order chi connectivity index (χ0) is 12.4. The summed E-state index contributed by atoms with van der Waals surface area (Å²) >= 11 is 3.31. The van der Waals surface area contributed by atoms with Crippen LogP contribution in [0.15, 0.2) is 28.7 Å². The molecule has 0 aromatic heterocycles. The van der Waals surface area contributed by atoms with Gasteiger partial charge in [-0.05, 0) is 40.9 Å². The summed E-state index contributed by atoms with van der Waals surface area (Å²) in [6, 6.07) is 7.15. The van der Waals surface area contributed by atoms with Crippen molar-refractivity contribution in [2.24, 2.45) is 0 Å². The van der Waals surface area contributed by atoms with Crippen molar-refractivity contribution in [3.8, 4) is 0 Å². The molecule has 17 heavy (non-hydrogen) atoms. The average molecular weight is 298 g/mol. The van der Waals surface area contributed by atoms with Crippen LogP contribution in [0, 0.1) is 0 Å². The molecule has 0 aliphatic heterocycles. The zero-order valence-corrected chi connectivity index (χ0v) is 10.7. The molecule has 1 aliphatic carbocycles. The molecule has 1 aromatic rings. The number of halogens is 1. The van der Waals surface area contributed by atoms with Crippen molar-refractivity contribution in [2.75, 3.05) is 6.54 Å². The highest BCUT2D eigenvalue weighted by Gasteiger charge is 2.34. The molecule has 1 N–H and O–H groups in total. The van der Waals surface area contributed by atoms with Crippen LogP contribution >= 0.6 is 15.9 Å². The Morgan fingerprint density at radius 2 is 2.00 bits per heavy atom. The Morgan fingerprint density at radius 3 is 2.53 bits per heavy atom. The standard InChI is InChI=1S/C12H12BrNO3/c13-10-4-2-1-3-9(10)12(17)14(7-11(15)16)8-5-6-8/h1-4,8H,5-7H2,(H,15,16). The third-order valence-electron chi connectivity index (χ3n) is 2.66. The van der Waals surface area contributed by atoms with E-state index in [1.807, 2.05) is 6.07 Å². The van der Waals surface area contributed by atoms with Gasteiger partial charge in [-0.15, -0.1) is 0 Å². The molecule has 1 aromatic carbocycles. The first kappa shape index (κ1) is 12.1. The third kappa shape index (κ3) is 2.85. The topological polar surface area (TPSA) is 57.6 Å². The third-order valence-corrected chi connectivity index (χ3v) is 3.35. The molecule has 0 saturated heterocycles. The minimum Gasteiger partial charge on any atom is -0.480 e. The van der Waals surface area contributed by atoms with Crippen molar-refractivity contribution >= 4 is 27.8 Å². The lowest BCUT2D eigenvalue weighted by Crippen LogP contribution is -2.37. The predicted molar refractivity (Wildman–Crippen MR) is 65.8 cm³/mol. The van der Waals surface area contributed by atoms with Gasteiger partial charge in [0, 0.05) is 10.5 Å². The van der Waals surface area contributed by atoms with Crippen molar-refractivity contribution < 1.29 is 14.7 Å². The molecule has 1 amide bonds. The van der Waals surface area contributed by atoms with Gasteiger partial charge in [0.15, 0.2) is 0 Å². The number of hydrogen-bond acceptors (Lipinski definition) is 2. The first-order valence-corrected chi connectivity index (χ1v) is 6.16. The zero-order valence-electron chi connectivity index (χ0n) is 9.10. The van der Waals surface area contributed by atoms with Crippen LogP contribution < -0.4 is 0 Å². The number of aliphatic carboxylic acids is 1. The van der Waals surface area contributed by atoms with Crippen LogP contribution in [-0.2, 0) is 4.79 Å². The van der Waals surface area contributed by atoms with E-state index in [4.69, 9.17) is 5.11 Å². The number of carbonyl (C=O) groups is 2. The van der Waals surface area contributed by atoms with Gasteiger partial charge in [0.2, 0.25) is 0 Å². The van der Waals surface area contributed by atoms with Crippen molar-refractivity contribution in [3.63, 3.8) is 0 Å². The summed E-state index contributed by atoms with van der Waals surface area (Å²) in [5, 5.41) is 8.82. The number of nitrogens with zero attached hydrogens (tertiary/aromatic N) is 1. The van der Waals surface area contributed by atoms with E-state index in [0.717, 1.165) is 12.8 Å². The summed E-state index contributed by atoms with van der Waals surface area (Å²) in [4.78, 5) is 24.4. The van der Waals surface area contributed by atoms with E-state index in [-0.39, 0.29) is 18.5 Å². The molecule has 1 aliphatic rings. The van der Waals surface area contributed by atoms with Crippen LogP contribution in [0.5, 0.6) is 0 Å². The Labute approximate surface area is 107 Å². The second-order valence-electron chi connectivity index (χ2n) is 4.04. The molecular weight excluding hydrogens is 286 g/mol. The van der Waals surface area contributed by atoms with Crippen molar-refractivity contribution in [2.45, 2.75) is 18.9 Å². The first-order valence-electron chi connectivity index (χ1n) is 5.37. The number of benzene rings is 1. The number of carboxylic acid groups (broad SMARTS) is 1. The Kier molecular flexibility index (Phi) is 3.47. The van der Waals surface area contributed by atoms with E-state index < -0.39 is 5.97 Å². The summed E-state index contributed by atoms with van der Waals surface area (Å²) in [6.45, 7) is -0.231. The highest BCUT2D eigenvalue weighted by Crippen LogP contribution is 2.29. The smallest absolute Gasteiger partial charge is 0.323 e. The monoisotopic (exact) mass is 297 g/mol.